The molecule has 0 amide bonds. The van der Waals surface area contributed by atoms with Crippen LogP contribution in [-0.4, -0.2) is 14.9 Å². The van der Waals surface area contributed by atoms with Gasteiger partial charge in [-0.3, -0.25) is 10.1 Å². The van der Waals surface area contributed by atoms with Gasteiger partial charge in [0.1, 0.15) is 17.4 Å². The molecule has 0 saturated heterocycles. The van der Waals surface area contributed by atoms with Crippen molar-refractivity contribution in [3.63, 3.8) is 0 Å². The summed E-state index contributed by atoms with van der Waals surface area (Å²) in [6.07, 6.45) is 2.98. The van der Waals surface area contributed by atoms with Crippen LogP contribution in [0.15, 0.2) is 54.9 Å². The Morgan fingerprint density at radius 1 is 1.04 bits per heavy atom. The maximum atomic E-state index is 13.5. The third-order valence-electron chi connectivity index (χ3n) is 2.85. The van der Waals surface area contributed by atoms with E-state index in [1.807, 2.05) is 0 Å². The van der Waals surface area contributed by atoms with Gasteiger partial charge in [0, 0.05) is 29.5 Å². The van der Waals surface area contributed by atoms with E-state index in [0.29, 0.717) is 16.6 Å². The maximum absolute atomic E-state index is 13.5. The van der Waals surface area contributed by atoms with Crippen LogP contribution in [0, 0.1) is 15.9 Å². The highest BCUT2D eigenvalue weighted by Gasteiger charge is 2.12. The van der Waals surface area contributed by atoms with Crippen LogP contribution in [0.1, 0.15) is 0 Å². The Morgan fingerprint density at radius 3 is 2.19 bits per heavy atom. The lowest BCUT2D eigenvalue weighted by molar-refractivity contribution is -0.385. The maximum Gasteiger partial charge on any atom is 0.272 e. The molecular formula is C16H13ClFN5O3. The van der Waals surface area contributed by atoms with Crippen LogP contribution in [0.5, 0.6) is 11.5 Å². The highest BCUT2D eigenvalue weighted by molar-refractivity contribution is 6.30. The first kappa shape index (κ1) is 18.9. The molecule has 2 aromatic heterocycles. The Morgan fingerprint density at radius 2 is 1.69 bits per heavy atom. The van der Waals surface area contributed by atoms with Gasteiger partial charge >= 0.3 is 0 Å². The molecule has 26 heavy (non-hydrogen) atoms. The summed E-state index contributed by atoms with van der Waals surface area (Å²) in [4.78, 5) is 17.2. The summed E-state index contributed by atoms with van der Waals surface area (Å²) >= 11 is 5.52. The minimum atomic E-state index is -0.820. The summed E-state index contributed by atoms with van der Waals surface area (Å²) in [5.74, 6) is 0.0494. The fourth-order valence-corrected chi connectivity index (χ4v) is 1.89. The van der Waals surface area contributed by atoms with Crippen LogP contribution in [0.25, 0.3) is 0 Å². The lowest BCUT2D eigenvalue weighted by Crippen LogP contribution is -1.94. The second-order valence-electron chi connectivity index (χ2n) is 4.79. The highest BCUT2D eigenvalue weighted by Crippen LogP contribution is 2.27. The molecule has 0 atom stereocenters. The van der Waals surface area contributed by atoms with Crippen LogP contribution in [0.4, 0.5) is 21.7 Å². The van der Waals surface area contributed by atoms with E-state index in [9.17, 15) is 14.5 Å². The van der Waals surface area contributed by atoms with Gasteiger partial charge < -0.3 is 16.2 Å². The minimum absolute atomic E-state index is 0.119. The molecule has 0 unspecified atom stereocenters. The molecular weight excluding hydrogens is 365 g/mol. The number of benzene rings is 1. The first-order valence-electron chi connectivity index (χ1n) is 7.05. The number of nitrogen functional groups attached to an aromatic ring is 2. The van der Waals surface area contributed by atoms with E-state index in [-0.39, 0.29) is 17.3 Å². The van der Waals surface area contributed by atoms with E-state index < -0.39 is 10.7 Å². The largest absolute Gasteiger partial charge is 0.454 e. The molecule has 0 aliphatic rings. The number of anilines is 2. The molecule has 0 fully saturated rings. The monoisotopic (exact) mass is 377 g/mol. The quantitative estimate of drug-likeness (QED) is 0.524. The van der Waals surface area contributed by atoms with Crippen LogP contribution in [0.3, 0.4) is 0 Å². The Bertz CT molecular complexity index is 909. The second-order valence-corrected chi connectivity index (χ2v) is 5.23. The summed E-state index contributed by atoms with van der Waals surface area (Å²) in [6, 6.07) is 9.32. The number of rotatable bonds is 3. The van der Waals surface area contributed by atoms with E-state index in [4.69, 9.17) is 27.8 Å². The normalized spacial score (nSPS) is 9.77. The smallest absolute Gasteiger partial charge is 0.272 e. The third-order valence-corrected chi connectivity index (χ3v) is 3.08. The van der Waals surface area contributed by atoms with Gasteiger partial charge in [-0.1, -0.05) is 11.6 Å². The molecule has 0 aliphatic carbocycles. The predicted molar refractivity (Wildman–Crippen MR) is 95.4 cm³/mol. The number of non-ortho nitro benzene ring substituents is 1. The molecule has 3 rings (SSSR count). The number of ether oxygens (including phenoxy) is 1. The molecule has 0 spiro atoms. The Balaban J connectivity index is 0.000000254. The number of hydrogen-bond donors (Lipinski definition) is 2. The molecule has 4 N–H and O–H groups in total. The van der Waals surface area contributed by atoms with Gasteiger partial charge in [0.05, 0.1) is 11.0 Å². The van der Waals surface area contributed by atoms with E-state index in [2.05, 4.69) is 9.97 Å². The fourth-order valence-electron chi connectivity index (χ4n) is 1.73. The summed E-state index contributed by atoms with van der Waals surface area (Å²) in [7, 11) is 0. The van der Waals surface area contributed by atoms with Crippen molar-refractivity contribution in [2.24, 2.45) is 0 Å². The van der Waals surface area contributed by atoms with Crippen molar-refractivity contribution in [2.75, 3.05) is 11.5 Å². The van der Waals surface area contributed by atoms with E-state index in [0.717, 1.165) is 12.1 Å². The average Bonchev–Trinajstić information content (AvgIpc) is 2.57. The molecule has 134 valence electrons. The second kappa shape index (κ2) is 8.58. The van der Waals surface area contributed by atoms with Crippen molar-refractivity contribution in [3.8, 4) is 11.5 Å². The molecule has 0 saturated carbocycles. The lowest BCUT2D eigenvalue weighted by atomic mass is 10.3. The number of nitro groups is 1. The number of nitro benzene ring substituents is 1. The number of nitrogens with zero attached hydrogens (tertiary/aromatic N) is 3. The topological polar surface area (TPSA) is 130 Å². The Hall–Kier alpha value is -3.46. The molecule has 10 heteroatoms. The number of pyridine rings is 2. The van der Waals surface area contributed by atoms with Crippen LogP contribution >= 0.6 is 11.6 Å². The van der Waals surface area contributed by atoms with Crippen molar-refractivity contribution in [1.29, 1.82) is 0 Å². The molecule has 3 aromatic rings. The predicted octanol–water partition coefficient (Wildman–Crippen LogP) is 3.82. The molecule has 8 nitrogen and oxygen atoms in total. The van der Waals surface area contributed by atoms with Crippen molar-refractivity contribution in [3.05, 3.63) is 75.8 Å². The van der Waals surface area contributed by atoms with Crippen molar-refractivity contribution < 1.29 is 14.1 Å². The van der Waals surface area contributed by atoms with Crippen LogP contribution in [-0.2, 0) is 0 Å². The number of hydrogen-bond acceptors (Lipinski definition) is 7. The molecule has 0 radical (unpaired) electrons. The molecule has 0 aliphatic heterocycles. The first-order valence-corrected chi connectivity index (χ1v) is 7.43. The van der Waals surface area contributed by atoms with E-state index in [1.165, 1.54) is 24.4 Å². The van der Waals surface area contributed by atoms with Gasteiger partial charge in [-0.25, -0.2) is 14.4 Å². The van der Waals surface area contributed by atoms with Crippen molar-refractivity contribution >= 4 is 28.9 Å². The van der Waals surface area contributed by atoms with Gasteiger partial charge in [-0.15, -0.1) is 0 Å². The summed E-state index contributed by atoms with van der Waals surface area (Å²) < 4.78 is 18.7. The lowest BCUT2D eigenvalue weighted by Gasteiger charge is -2.06. The van der Waals surface area contributed by atoms with E-state index >= 15 is 0 Å². The van der Waals surface area contributed by atoms with Crippen molar-refractivity contribution in [1.82, 2.24) is 9.97 Å². The minimum Gasteiger partial charge on any atom is -0.454 e. The van der Waals surface area contributed by atoms with Crippen molar-refractivity contribution in [2.45, 2.75) is 0 Å². The summed E-state index contributed by atoms with van der Waals surface area (Å²) in [5, 5.41) is 11.1. The number of nitrogens with two attached hydrogens (primary N) is 2. The van der Waals surface area contributed by atoms with Crippen LogP contribution < -0.4 is 16.2 Å². The third kappa shape index (κ3) is 5.56. The molecule has 0 bridgehead atoms. The Kier molecular flexibility index (Phi) is 6.23. The zero-order valence-electron chi connectivity index (χ0n) is 13.2. The van der Waals surface area contributed by atoms with Gasteiger partial charge in [0.2, 0.25) is 0 Å². The number of aromatic nitrogens is 2. The SMILES string of the molecule is Nc1cc(Cl)ccn1.Nc1cc(Oc2ccc([N+](=O)[O-])cc2F)ccn1. The van der Waals surface area contributed by atoms with Gasteiger partial charge in [-0.05, 0) is 24.3 Å². The average molecular weight is 378 g/mol. The van der Waals surface area contributed by atoms with Gasteiger partial charge in [-0.2, -0.15) is 0 Å². The standard InChI is InChI=1S/C11H8FN3O3.C5H5ClN2/c12-9-5-7(15(16)17)1-2-10(9)18-8-3-4-14-11(13)6-8;6-4-1-2-8-5(7)3-4/h1-6H,(H2,13,14);1-3H,(H2,7,8). The highest BCUT2D eigenvalue weighted by atomic mass is 35.5. The number of halogens is 2. The zero-order chi connectivity index (χ0) is 19.1. The molecule has 2 heterocycles. The van der Waals surface area contributed by atoms with Gasteiger partial charge in [0.25, 0.3) is 5.69 Å². The van der Waals surface area contributed by atoms with E-state index in [1.54, 1.807) is 18.3 Å². The molecule has 1 aromatic carbocycles. The summed E-state index contributed by atoms with van der Waals surface area (Å²) in [6.45, 7) is 0. The zero-order valence-corrected chi connectivity index (χ0v) is 13.9. The van der Waals surface area contributed by atoms with Gasteiger partial charge in [0.15, 0.2) is 11.6 Å². The summed E-state index contributed by atoms with van der Waals surface area (Å²) in [5.41, 5.74) is 10.4. The Labute approximate surface area is 152 Å². The first-order chi connectivity index (χ1) is 12.3. The van der Waals surface area contributed by atoms with Crippen LogP contribution in [0.2, 0.25) is 5.02 Å². The fraction of sp³-hybridized carbons (Fsp3) is 0.